The number of hydrogen-bond donors (Lipinski definition) is 2. The number of amides is 1. The number of carbonyl (C=O) groups excluding carboxylic acids is 1. The van der Waals surface area contributed by atoms with Crippen LogP contribution in [0.4, 0.5) is 0 Å². The van der Waals surface area contributed by atoms with Crippen LogP contribution in [0.5, 0.6) is 11.5 Å². The summed E-state index contributed by atoms with van der Waals surface area (Å²) in [5.41, 5.74) is 6.11. The summed E-state index contributed by atoms with van der Waals surface area (Å²) in [6, 6.07) is 3.65. The van der Waals surface area contributed by atoms with Crippen LogP contribution in [-0.4, -0.2) is 25.2 Å². The molecule has 1 amide bonds. The minimum atomic E-state index is -0.565. The highest BCUT2D eigenvalue weighted by molar-refractivity contribution is 6.32. The van der Waals surface area contributed by atoms with Crippen LogP contribution < -0.4 is 20.5 Å². The second kappa shape index (κ2) is 8.25. The molecule has 0 aliphatic rings. The molecule has 0 radical (unpaired) electrons. The summed E-state index contributed by atoms with van der Waals surface area (Å²) in [7, 11) is 1.53. The van der Waals surface area contributed by atoms with Gasteiger partial charge in [-0.1, -0.05) is 24.9 Å². The van der Waals surface area contributed by atoms with Gasteiger partial charge in [-0.2, -0.15) is 0 Å². The van der Waals surface area contributed by atoms with Crippen LogP contribution in [-0.2, 0) is 11.3 Å². The van der Waals surface area contributed by atoms with Crippen molar-refractivity contribution < 1.29 is 14.3 Å². The van der Waals surface area contributed by atoms with Gasteiger partial charge in [-0.15, -0.1) is 0 Å². The predicted molar refractivity (Wildman–Crippen MR) is 88.5 cm³/mol. The van der Waals surface area contributed by atoms with Crippen LogP contribution in [0.25, 0.3) is 0 Å². The van der Waals surface area contributed by atoms with E-state index in [-0.39, 0.29) is 12.1 Å². The molecule has 0 aromatic heterocycles. The smallest absolute Gasteiger partial charge is 0.255 e. The van der Waals surface area contributed by atoms with E-state index < -0.39 is 5.91 Å². The Hall–Kier alpha value is -1.46. The van der Waals surface area contributed by atoms with E-state index in [4.69, 9.17) is 26.8 Å². The fourth-order valence-electron chi connectivity index (χ4n) is 2.21. The van der Waals surface area contributed by atoms with Gasteiger partial charge in [-0.25, -0.2) is 0 Å². The summed E-state index contributed by atoms with van der Waals surface area (Å²) >= 11 is 6.22. The zero-order valence-corrected chi connectivity index (χ0v) is 14.4. The zero-order valence-electron chi connectivity index (χ0n) is 13.7. The van der Waals surface area contributed by atoms with Gasteiger partial charge < -0.3 is 20.5 Å². The molecular weight excluding hydrogens is 304 g/mol. The molecule has 22 heavy (non-hydrogen) atoms. The van der Waals surface area contributed by atoms with Gasteiger partial charge in [-0.05, 0) is 38.0 Å². The normalized spacial score (nSPS) is 11.3. The highest BCUT2D eigenvalue weighted by Gasteiger charge is 2.17. The largest absolute Gasteiger partial charge is 0.493 e. The monoisotopic (exact) mass is 328 g/mol. The summed E-state index contributed by atoms with van der Waals surface area (Å²) in [4.78, 5) is 10.8. The molecule has 0 bridgehead atoms. The molecule has 5 nitrogen and oxygen atoms in total. The first kappa shape index (κ1) is 18.6. The minimum Gasteiger partial charge on any atom is -0.493 e. The van der Waals surface area contributed by atoms with E-state index in [1.165, 1.54) is 7.11 Å². The highest BCUT2D eigenvalue weighted by Crippen LogP contribution is 2.36. The number of primary amides is 1. The molecule has 0 aliphatic heterocycles. The Bertz CT molecular complexity index is 518. The SMILES string of the molecule is CCCC(C)(C)NCc1cc(Cl)c(OCC(N)=O)c(OC)c1. The topological polar surface area (TPSA) is 73.6 Å². The molecule has 0 fully saturated rings. The van der Waals surface area contributed by atoms with Crippen molar-refractivity contribution in [2.24, 2.45) is 5.73 Å². The number of methoxy groups -OCH3 is 1. The fourth-order valence-corrected chi connectivity index (χ4v) is 2.50. The Balaban J connectivity index is 2.86. The second-order valence-corrected chi connectivity index (χ2v) is 6.26. The van der Waals surface area contributed by atoms with Gasteiger partial charge in [0.25, 0.3) is 5.91 Å². The van der Waals surface area contributed by atoms with Gasteiger partial charge in [-0.3, -0.25) is 4.79 Å². The quantitative estimate of drug-likeness (QED) is 0.731. The third-order valence-corrected chi connectivity index (χ3v) is 3.57. The molecule has 124 valence electrons. The van der Waals surface area contributed by atoms with Crippen LogP contribution in [0.2, 0.25) is 5.02 Å². The van der Waals surface area contributed by atoms with Crippen LogP contribution in [0.15, 0.2) is 12.1 Å². The summed E-state index contributed by atoms with van der Waals surface area (Å²) in [6.07, 6.45) is 2.20. The Kier molecular flexibility index (Phi) is 6.97. The third-order valence-electron chi connectivity index (χ3n) is 3.29. The van der Waals surface area contributed by atoms with Gasteiger partial charge >= 0.3 is 0 Å². The maximum absolute atomic E-state index is 10.8. The number of nitrogens with one attached hydrogen (secondary N) is 1. The van der Waals surface area contributed by atoms with Gasteiger partial charge in [0.15, 0.2) is 18.1 Å². The van der Waals surface area contributed by atoms with Gasteiger partial charge in [0, 0.05) is 12.1 Å². The highest BCUT2D eigenvalue weighted by atomic mass is 35.5. The van der Waals surface area contributed by atoms with Gasteiger partial charge in [0.2, 0.25) is 0 Å². The van der Waals surface area contributed by atoms with Gasteiger partial charge in [0.05, 0.1) is 12.1 Å². The van der Waals surface area contributed by atoms with Crippen molar-refractivity contribution in [2.45, 2.75) is 45.7 Å². The number of rotatable bonds is 9. The minimum absolute atomic E-state index is 0.0512. The molecule has 6 heteroatoms. The van der Waals surface area contributed by atoms with Crippen molar-refractivity contribution in [3.05, 3.63) is 22.7 Å². The maximum atomic E-state index is 10.8. The molecule has 1 aromatic rings. The number of benzene rings is 1. The van der Waals surface area contributed by atoms with E-state index in [9.17, 15) is 4.79 Å². The van der Waals surface area contributed by atoms with E-state index in [2.05, 4.69) is 26.1 Å². The zero-order chi connectivity index (χ0) is 16.8. The van der Waals surface area contributed by atoms with Gasteiger partial charge in [0.1, 0.15) is 0 Å². The van der Waals surface area contributed by atoms with Crippen molar-refractivity contribution in [1.29, 1.82) is 0 Å². The first-order chi connectivity index (χ1) is 10.3. The lowest BCUT2D eigenvalue weighted by molar-refractivity contribution is -0.119. The lowest BCUT2D eigenvalue weighted by Crippen LogP contribution is -2.38. The molecule has 0 saturated heterocycles. The summed E-state index contributed by atoms with van der Waals surface area (Å²) in [5, 5.41) is 3.89. The third kappa shape index (κ3) is 5.73. The first-order valence-corrected chi connectivity index (χ1v) is 7.69. The molecule has 0 unspecified atom stereocenters. The van der Waals surface area contributed by atoms with Crippen molar-refractivity contribution in [1.82, 2.24) is 5.32 Å². The lowest BCUT2D eigenvalue weighted by Gasteiger charge is -2.26. The molecular formula is C16H25ClN2O3. The van der Waals surface area contributed by atoms with Crippen molar-refractivity contribution in [2.75, 3.05) is 13.7 Å². The second-order valence-electron chi connectivity index (χ2n) is 5.85. The number of hydrogen-bond acceptors (Lipinski definition) is 4. The van der Waals surface area contributed by atoms with E-state index in [0.717, 1.165) is 18.4 Å². The van der Waals surface area contributed by atoms with Crippen molar-refractivity contribution in [3.63, 3.8) is 0 Å². The Morgan fingerprint density at radius 3 is 2.64 bits per heavy atom. The molecule has 0 atom stereocenters. The molecule has 1 rings (SSSR count). The Morgan fingerprint density at radius 2 is 2.09 bits per heavy atom. The molecule has 0 spiro atoms. The lowest BCUT2D eigenvalue weighted by atomic mass is 9.98. The predicted octanol–water partition coefficient (Wildman–Crippen LogP) is 2.88. The summed E-state index contributed by atoms with van der Waals surface area (Å²) in [5.74, 6) is 0.253. The summed E-state index contributed by atoms with van der Waals surface area (Å²) < 4.78 is 10.6. The first-order valence-electron chi connectivity index (χ1n) is 7.31. The van der Waals surface area contributed by atoms with Crippen molar-refractivity contribution >= 4 is 17.5 Å². The fraction of sp³-hybridized carbons (Fsp3) is 0.562. The average Bonchev–Trinajstić information content (AvgIpc) is 2.43. The van der Waals surface area contributed by atoms with E-state index in [1.807, 2.05) is 6.07 Å². The average molecular weight is 329 g/mol. The Labute approximate surface area is 137 Å². The standard InChI is InChI=1S/C16H25ClN2O3/c1-5-6-16(2,3)19-9-11-7-12(17)15(13(8-11)21-4)22-10-14(18)20/h7-8,19H,5-6,9-10H2,1-4H3,(H2,18,20). The molecule has 0 aliphatic carbocycles. The Morgan fingerprint density at radius 1 is 1.41 bits per heavy atom. The maximum Gasteiger partial charge on any atom is 0.255 e. The number of nitrogens with two attached hydrogens (primary N) is 1. The summed E-state index contributed by atoms with van der Waals surface area (Å²) in [6.45, 7) is 6.92. The molecule has 3 N–H and O–H groups in total. The van der Waals surface area contributed by atoms with E-state index in [0.29, 0.717) is 23.1 Å². The van der Waals surface area contributed by atoms with E-state index in [1.54, 1.807) is 6.07 Å². The number of carbonyl (C=O) groups is 1. The molecule has 1 aromatic carbocycles. The van der Waals surface area contributed by atoms with E-state index >= 15 is 0 Å². The number of halogens is 1. The van der Waals surface area contributed by atoms with Crippen LogP contribution in [0.3, 0.4) is 0 Å². The van der Waals surface area contributed by atoms with Crippen LogP contribution in [0, 0.1) is 0 Å². The van der Waals surface area contributed by atoms with Crippen LogP contribution >= 0.6 is 11.6 Å². The molecule has 0 heterocycles. The number of ether oxygens (including phenoxy) is 2. The van der Waals surface area contributed by atoms with Crippen LogP contribution in [0.1, 0.15) is 39.2 Å². The molecule has 0 saturated carbocycles. The van der Waals surface area contributed by atoms with Crippen molar-refractivity contribution in [3.8, 4) is 11.5 Å².